The minimum absolute atomic E-state index is 0.150. The molecule has 9 heteroatoms. The van der Waals surface area contributed by atoms with Gasteiger partial charge in [-0.05, 0) is 54.0 Å². The third-order valence-corrected chi connectivity index (χ3v) is 7.13. The number of thioether (sulfide) groups is 1. The summed E-state index contributed by atoms with van der Waals surface area (Å²) in [6, 6.07) is 21.8. The fraction of sp³-hybridized carbons (Fsp3) is 0.0741. The second-order valence-corrected chi connectivity index (χ2v) is 9.83. The minimum atomic E-state index is -0.969. The number of amides is 1. The monoisotopic (exact) mass is 512 g/mol. The first-order chi connectivity index (χ1) is 17.4. The van der Waals surface area contributed by atoms with Gasteiger partial charge in [0.05, 0.1) is 21.5 Å². The van der Waals surface area contributed by atoms with Crippen LogP contribution in [-0.4, -0.2) is 42.7 Å². The highest BCUT2D eigenvalue weighted by Gasteiger charge is 2.31. The summed E-state index contributed by atoms with van der Waals surface area (Å²) in [6.07, 6.45) is 2.38. The van der Waals surface area contributed by atoms with E-state index in [0.717, 1.165) is 27.7 Å². The van der Waals surface area contributed by atoms with Crippen molar-refractivity contribution in [1.29, 1.82) is 0 Å². The summed E-state index contributed by atoms with van der Waals surface area (Å²) in [7, 11) is 0. The number of thiocarbonyl (C=S) groups is 1. The highest BCUT2D eigenvalue weighted by molar-refractivity contribution is 8.26. The molecule has 3 N–H and O–H groups in total. The van der Waals surface area contributed by atoms with Crippen LogP contribution in [0.1, 0.15) is 21.5 Å². The lowest BCUT2D eigenvalue weighted by Gasteiger charge is -2.14. The number of hydrogen-bond donors (Lipinski definition) is 2. The Labute approximate surface area is 216 Å². The lowest BCUT2D eigenvalue weighted by molar-refractivity contribution is -0.122. The van der Waals surface area contributed by atoms with E-state index in [-0.39, 0.29) is 11.5 Å². The van der Waals surface area contributed by atoms with Gasteiger partial charge in [-0.1, -0.05) is 66.4 Å². The molecular formula is C27H20N4O3S2. The number of nitrogen functional groups attached to an aromatic ring is 1. The van der Waals surface area contributed by atoms with E-state index in [2.05, 4.69) is 9.97 Å². The standard InChI is InChI=1S/C27H20N4O3S2/c28-24-23(29-20-6-1-2-7-21(20)30-24)19-5-3-4-17(14-19)15-22-25(32)31(27(35)36-22)13-12-16-8-10-18(11-9-16)26(33)34/h1-11,14-15H,12-13H2,(H2,28,30)(H,33,34)/b22-15-. The SMILES string of the molecule is Nc1nc2ccccc2nc1-c1cccc(/C=C2\SC(=S)N(CCc3ccc(C(=O)O)cc3)C2=O)c1. The van der Waals surface area contributed by atoms with Crippen molar-refractivity contribution in [3.63, 3.8) is 0 Å². The first-order valence-corrected chi connectivity index (χ1v) is 12.3. The van der Waals surface area contributed by atoms with Gasteiger partial charge in [-0.2, -0.15) is 0 Å². The zero-order valence-electron chi connectivity index (χ0n) is 18.9. The van der Waals surface area contributed by atoms with Crippen LogP contribution >= 0.6 is 24.0 Å². The van der Waals surface area contributed by atoms with Gasteiger partial charge in [-0.25, -0.2) is 14.8 Å². The molecule has 2 heterocycles. The quantitative estimate of drug-likeness (QED) is 0.274. The number of carboxylic acid groups (broad SMARTS) is 1. The zero-order valence-corrected chi connectivity index (χ0v) is 20.6. The summed E-state index contributed by atoms with van der Waals surface area (Å²) in [6.45, 7) is 0.414. The number of carbonyl (C=O) groups is 2. The number of rotatable bonds is 6. The smallest absolute Gasteiger partial charge is 0.335 e. The predicted octanol–water partition coefficient (Wildman–Crippen LogP) is 5.02. The Morgan fingerprint density at radius 1 is 1.03 bits per heavy atom. The van der Waals surface area contributed by atoms with Gasteiger partial charge in [-0.3, -0.25) is 9.69 Å². The van der Waals surface area contributed by atoms with Crippen LogP contribution < -0.4 is 5.73 Å². The summed E-state index contributed by atoms with van der Waals surface area (Å²) in [5.74, 6) is -0.779. The molecule has 1 saturated heterocycles. The fourth-order valence-corrected chi connectivity index (χ4v) is 5.21. The molecule has 0 unspecified atom stereocenters. The molecule has 5 rings (SSSR count). The average Bonchev–Trinajstić information content (AvgIpc) is 3.14. The molecule has 0 atom stereocenters. The number of carboxylic acids is 1. The van der Waals surface area contributed by atoms with Crippen LogP contribution in [0.15, 0.2) is 77.7 Å². The van der Waals surface area contributed by atoms with Crippen LogP contribution in [0.3, 0.4) is 0 Å². The third-order valence-electron chi connectivity index (χ3n) is 5.75. The number of fused-ring (bicyclic) bond motifs is 1. The number of nitrogens with two attached hydrogens (primary N) is 1. The van der Waals surface area contributed by atoms with Gasteiger partial charge in [0, 0.05) is 12.1 Å². The molecular weight excluding hydrogens is 492 g/mol. The average molecular weight is 513 g/mol. The second-order valence-electron chi connectivity index (χ2n) is 8.16. The predicted molar refractivity (Wildman–Crippen MR) is 146 cm³/mol. The highest BCUT2D eigenvalue weighted by atomic mass is 32.2. The van der Waals surface area contributed by atoms with E-state index in [1.807, 2.05) is 54.6 Å². The van der Waals surface area contributed by atoms with Crippen LogP contribution in [0.2, 0.25) is 0 Å². The first kappa shape index (κ1) is 23.7. The van der Waals surface area contributed by atoms with E-state index in [9.17, 15) is 9.59 Å². The van der Waals surface area contributed by atoms with E-state index < -0.39 is 5.97 Å². The van der Waals surface area contributed by atoms with Gasteiger partial charge in [0.2, 0.25) is 0 Å². The number of hydrogen-bond acceptors (Lipinski definition) is 7. The van der Waals surface area contributed by atoms with Crippen molar-refractivity contribution in [2.24, 2.45) is 0 Å². The van der Waals surface area contributed by atoms with Gasteiger partial charge >= 0.3 is 5.97 Å². The van der Waals surface area contributed by atoms with Gasteiger partial charge in [0.25, 0.3) is 5.91 Å². The Morgan fingerprint density at radius 3 is 2.47 bits per heavy atom. The van der Waals surface area contributed by atoms with E-state index in [1.165, 1.54) is 11.8 Å². The molecule has 0 radical (unpaired) electrons. The van der Waals surface area contributed by atoms with E-state index >= 15 is 0 Å². The summed E-state index contributed by atoms with van der Waals surface area (Å²) in [4.78, 5) is 35.4. The lowest BCUT2D eigenvalue weighted by atomic mass is 10.1. The number of aromatic carboxylic acids is 1. The zero-order chi connectivity index (χ0) is 25.2. The van der Waals surface area contributed by atoms with E-state index in [4.69, 9.17) is 23.1 Å². The molecule has 36 heavy (non-hydrogen) atoms. The van der Waals surface area contributed by atoms with Crippen molar-refractivity contribution in [1.82, 2.24) is 14.9 Å². The molecule has 4 aromatic rings. The van der Waals surface area contributed by atoms with Crippen LogP contribution in [-0.2, 0) is 11.2 Å². The second kappa shape index (κ2) is 9.88. The van der Waals surface area contributed by atoms with Gasteiger partial charge in [0.15, 0.2) is 5.82 Å². The van der Waals surface area contributed by atoms with Crippen molar-refractivity contribution in [3.8, 4) is 11.3 Å². The first-order valence-electron chi connectivity index (χ1n) is 11.1. The summed E-state index contributed by atoms with van der Waals surface area (Å²) >= 11 is 6.72. The molecule has 1 amide bonds. The fourth-order valence-electron chi connectivity index (χ4n) is 3.90. The lowest BCUT2D eigenvalue weighted by Crippen LogP contribution is -2.30. The van der Waals surface area contributed by atoms with E-state index in [0.29, 0.717) is 33.7 Å². The topological polar surface area (TPSA) is 109 Å². The maximum atomic E-state index is 13.1. The molecule has 1 aliphatic heterocycles. The molecule has 0 aliphatic carbocycles. The van der Waals surface area contributed by atoms with Crippen LogP contribution in [0.5, 0.6) is 0 Å². The Bertz CT molecular complexity index is 1550. The van der Waals surface area contributed by atoms with Gasteiger partial charge in [0.1, 0.15) is 10.0 Å². The number of para-hydroxylation sites is 2. The maximum Gasteiger partial charge on any atom is 0.335 e. The van der Waals surface area contributed by atoms with Crippen LogP contribution in [0, 0.1) is 0 Å². The molecule has 3 aromatic carbocycles. The molecule has 0 spiro atoms. The molecule has 1 fully saturated rings. The van der Waals surface area contributed by atoms with Crippen molar-refractivity contribution >= 4 is 63.1 Å². The number of benzene rings is 3. The van der Waals surface area contributed by atoms with Crippen molar-refractivity contribution in [3.05, 3.63) is 94.4 Å². The molecule has 0 saturated carbocycles. The highest BCUT2D eigenvalue weighted by Crippen LogP contribution is 2.33. The van der Waals surface area contributed by atoms with E-state index in [1.54, 1.807) is 29.2 Å². The Kier molecular flexibility index (Phi) is 6.49. The number of aromatic nitrogens is 2. The van der Waals surface area contributed by atoms with Crippen molar-refractivity contribution in [2.45, 2.75) is 6.42 Å². The number of anilines is 1. The maximum absolute atomic E-state index is 13.1. The molecule has 7 nitrogen and oxygen atoms in total. The third kappa shape index (κ3) is 4.84. The largest absolute Gasteiger partial charge is 0.478 e. The molecule has 1 aliphatic rings. The number of nitrogens with zero attached hydrogens (tertiary/aromatic N) is 3. The normalized spacial score (nSPS) is 14.7. The molecule has 0 bridgehead atoms. The van der Waals surface area contributed by atoms with Crippen LogP contribution in [0.25, 0.3) is 28.4 Å². The summed E-state index contributed by atoms with van der Waals surface area (Å²) < 4.78 is 0.495. The summed E-state index contributed by atoms with van der Waals surface area (Å²) in [5, 5.41) is 9.04. The Hall–Kier alpha value is -4.08. The summed E-state index contributed by atoms with van der Waals surface area (Å²) in [5.41, 5.74) is 11.1. The van der Waals surface area contributed by atoms with Gasteiger partial charge < -0.3 is 10.8 Å². The molecule has 178 valence electrons. The Balaban J connectivity index is 1.34. The Morgan fingerprint density at radius 2 is 1.75 bits per heavy atom. The molecule has 1 aromatic heterocycles. The van der Waals surface area contributed by atoms with Gasteiger partial charge in [-0.15, -0.1) is 0 Å². The van der Waals surface area contributed by atoms with Crippen LogP contribution in [0.4, 0.5) is 5.82 Å². The van der Waals surface area contributed by atoms with Crippen molar-refractivity contribution in [2.75, 3.05) is 12.3 Å². The number of carbonyl (C=O) groups excluding carboxylic acids is 1. The minimum Gasteiger partial charge on any atom is -0.478 e. The van der Waals surface area contributed by atoms with Crippen molar-refractivity contribution < 1.29 is 14.7 Å².